The number of fused-ring (bicyclic) bond motifs is 1. The molecule has 0 saturated heterocycles. The summed E-state index contributed by atoms with van der Waals surface area (Å²) in [5, 5.41) is 10.7. The molecule has 2 aromatic rings. The van der Waals surface area contributed by atoms with E-state index in [9.17, 15) is 18.0 Å². The Kier molecular flexibility index (Phi) is 2.43. The van der Waals surface area contributed by atoms with Gasteiger partial charge in [-0.3, -0.25) is 9.89 Å². The number of nitrogens with one attached hydrogen (secondary N) is 1. The fraction of sp³-hybridized carbons (Fsp3) is 0.300. The van der Waals surface area contributed by atoms with E-state index in [1.807, 2.05) is 5.10 Å². The van der Waals surface area contributed by atoms with Gasteiger partial charge in [0.05, 0.1) is 0 Å². The number of H-pyrrole nitrogens is 1. The first-order chi connectivity index (χ1) is 8.27. The number of hydrogen-bond donors (Lipinski definition) is 1. The Hall–Kier alpha value is -2.30. The maximum absolute atomic E-state index is 12.7. The molecule has 0 aliphatic carbocycles. The van der Waals surface area contributed by atoms with Gasteiger partial charge < -0.3 is 0 Å². The topological polar surface area (TPSA) is 73.9 Å². The van der Waals surface area contributed by atoms with Gasteiger partial charge in [-0.15, -0.1) is 0 Å². The lowest BCUT2D eigenvalue weighted by atomic mass is 10.2. The Morgan fingerprint density at radius 1 is 1.39 bits per heavy atom. The van der Waals surface area contributed by atoms with Crippen molar-refractivity contribution < 1.29 is 13.2 Å². The summed E-state index contributed by atoms with van der Waals surface area (Å²) in [5.74, 6) is 0. The molecule has 0 radical (unpaired) electrons. The summed E-state index contributed by atoms with van der Waals surface area (Å²) in [4.78, 5) is 15.6. The first-order valence-corrected chi connectivity index (χ1v) is 4.86. The Morgan fingerprint density at radius 2 is 2.00 bits per heavy atom. The molecule has 2 rings (SSSR count). The first kappa shape index (κ1) is 12.2. The number of hydrogen-bond acceptors (Lipinski definition) is 3. The SMILES string of the molecule is Cc1nc2c(C#N)c(C(F)(F)F)[nH]n2c(=O)c1C. The molecule has 0 fully saturated rings. The minimum absolute atomic E-state index is 0.229. The molecule has 2 heterocycles. The number of aromatic amines is 1. The standard InChI is InChI=1S/C10H7F3N4O/c1-4-5(2)15-8-6(3-14)7(10(11,12)13)16-17(8)9(4)18/h16H,1-2H3. The molecule has 8 heteroatoms. The molecule has 0 aliphatic heterocycles. The summed E-state index contributed by atoms with van der Waals surface area (Å²) >= 11 is 0. The highest BCUT2D eigenvalue weighted by Gasteiger charge is 2.38. The highest BCUT2D eigenvalue weighted by atomic mass is 19.4. The summed E-state index contributed by atoms with van der Waals surface area (Å²) in [7, 11) is 0. The van der Waals surface area contributed by atoms with Crippen molar-refractivity contribution in [1.82, 2.24) is 14.6 Å². The minimum atomic E-state index is -4.74. The molecule has 0 spiro atoms. The van der Waals surface area contributed by atoms with Crippen LogP contribution >= 0.6 is 0 Å². The van der Waals surface area contributed by atoms with Crippen molar-refractivity contribution in [2.75, 3.05) is 0 Å². The van der Waals surface area contributed by atoms with Crippen molar-refractivity contribution in [3.05, 3.63) is 32.9 Å². The summed E-state index contributed by atoms with van der Waals surface area (Å²) in [6.07, 6.45) is -4.74. The molecule has 1 N–H and O–H groups in total. The summed E-state index contributed by atoms with van der Waals surface area (Å²) in [5.41, 5.74) is -2.37. The van der Waals surface area contributed by atoms with Crippen molar-refractivity contribution >= 4 is 5.65 Å². The second kappa shape index (κ2) is 3.60. The van der Waals surface area contributed by atoms with E-state index >= 15 is 0 Å². The largest absolute Gasteiger partial charge is 0.434 e. The van der Waals surface area contributed by atoms with Crippen LogP contribution in [0.3, 0.4) is 0 Å². The van der Waals surface area contributed by atoms with Crippen LogP contribution in [0.4, 0.5) is 13.2 Å². The predicted octanol–water partition coefficient (Wildman–Crippen LogP) is 1.53. The van der Waals surface area contributed by atoms with Gasteiger partial charge in [0.1, 0.15) is 11.6 Å². The van der Waals surface area contributed by atoms with E-state index in [4.69, 9.17) is 5.26 Å². The molecule has 0 atom stereocenters. The molecule has 5 nitrogen and oxygen atoms in total. The molecule has 0 aliphatic rings. The van der Waals surface area contributed by atoms with Crippen LogP contribution in [-0.4, -0.2) is 14.6 Å². The van der Waals surface area contributed by atoms with Gasteiger partial charge in [0.2, 0.25) is 0 Å². The normalized spacial score (nSPS) is 11.8. The van der Waals surface area contributed by atoms with Gasteiger partial charge in [0.15, 0.2) is 11.3 Å². The Morgan fingerprint density at radius 3 is 2.50 bits per heavy atom. The van der Waals surface area contributed by atoms with Crippen molar-refractivity contribution in [1.29, 1.82) is 5.26 Å². The number of nitrogens with zero attached hydrogens (tertiary/aromatic N) is 3. The van der Waals surface area contributed by atoms with Crippen LogP contribution in [0.1, 0.15) is 22.5 Å². The zero-order chi connectivity index (χ0) is 13.7. The molecule has 2 aromatic heterocycles. The Labute approximate surface area is 98.5 Å². The van der Waals surface area contributed by atoms with E-state index in [1.165, 1.54) is 19.9 Å². The summed E-state index contributed by atoms with van der Waals surface area (Å²) in [6, 6.07) is 1.43. The fourth-order valence-electron chi connectivity index (χ4n) is 1.57. The van der Waals surface area contributed by atoms with Gasteiger partial charge in [-0.1, -0.05) is 0 Å². The average molecular weight is 256 g/mol. The Balaban J connectivity index is 3.01. The number of aryl methyl sites for hydroxylation is 1. The zero-order valence-electron chi connectivity index (χ0n) is 9.38. The van der Waals surface area contributed by atoms with Crippen molar-refractivity contribution in [2.24, 2.45) is 0 Å². The van der Waals surface area contributed by atoms with E-state index in [-0.39, 0.29) is 11.2 Å². The molecule has 0 bridgehead atoms. The molecule has 0 aromatic carbocycles. The van der Waals surface area contributed by atoms with Crippen LogP contribution in [0.15, 0.2) is 4.79 Å². The van der Waals surface area contributed by atoms with Gasteiger partial charge >= 0.3 is 6.18 Å². The van der Waals surface area contributed by atoms with Crippen LogP contribution in [0, 0.1) is 25.2 Å². The molecule has 18 heavy (non-hydrogen) atoms. The average Bonchev–Trinajstić information content (AvgIpc) is 2.64. The van der Waals surface area contributed by atoms with E-state index in [1.54, 1.807) is 0 Å². The van der Waals surface area contributed by atoms with Crippen LogP contribution in [0.25, 0.3) is 5.65 Å². The number of rotatable bonds is 0. The van der Waals surface area contributed by atoms with Crippen molar-refractivity contribution in [3.63, 3.8) is 0 Å². The highest BCUT2D eigenvalue weighted by molar-refractivity contribution is 5.58. The second-order valence-electron chi connectivity index (χ2n) is 3.76. The van der Waals surface area contributed by atoms with Crippen LogP contribution in [-0.2, 0) is 6.18 Å². The second-order valence-corrected chi connectivity index (χ2v) is 3.76. The third-order valence-electron chi connectivity index (χ3n) is 2.64. The Bertz CT molecular complexity index is 733. The highest BCUT2D eigenvalue weighted by Crippen LogP contribution is 2.31. The van der Waals surface area contributed by atoms with Crippen molar-refractivity contribution in [2.45, 2.75) is 20.0 Å². The maximum Gasteiger partial charge on any atom is 0.434 e. The molecular weight excluding hydrogens is 249 g/mol. The molecule has 0 unspecified atom stereocenters. The van der Waals surface area contributed by atoms with Crippen LogP contribution in [0.5, 0.6) is 0 Å². The number of aromatic nitrogens is 3. The lowest BCUT2D eigenvalue weighted by Gasteiger charge is -2.01. The van der Waals surface area contributed by atoms with Gasteiger partial charge in [-0.25, -0.2) is 4.98 Å². The van der Waals surface area contributed by atoms with Gasteiger partial charge in [-0.2, -0.15) is 22.9 Å². The fourth-order valence-corrected chi connectivity index (χ4v) is 1.57. The van der Waals surface area contributed by atoms with E-state index in [2.05, 4.69) is 4.98 Å². The van der Waals surface area contributed by atoms with Gasteiger partial charge in [0.25, 0.3) is 5.56 Å². The quantitative estimate of drug-likeness (QED) is 0.776. The third-order valence-corrected chi connectivity index (χ3v) is 2.64. The maximum atomic E-state index is 12.7. The lowest BCUT2D eigenvalue weighted by Crippen LogP contribution is -2.20. The summed E-state index contributed by atoms with van der Waals surface area (Å²) < 4.78 is 38.7. The first-order valence-electron chi connectivity index (χ1n) is 4.86. The predicted molar refractivity (Wildman–Crippen MR) is 55.0 cm³/mol. The molecular formula is C10H7F3N4O. The van der Waals surface area contributed by atoms with Gasteiger partial charge in [-0.05, 0) is 13.8 Å². The number of halogens is 3. The van der Waals surface area contributed by atoms with Gasteiger partial charge in [0, 0.05) is 11.3 Å². The van der Waals surface area contributed by atoms with Crippen LogP contribution in [0.2, 0.25) is 0 Å². The monoisotopic (exact) mass is 256 g/mol. The minimum Gasteiger partial charge on any atom is -0.284 e. The zero-order valence-corrected chi connectivity index (χ0v) is 9.38. The van der Waals surface area contributed by atoms with E-state index in [0.29, 0.717) is 10.2 Å². The molecule has 0 saturated carbocycles. The number of alkyl halides is 3. The van der Waals surface area contributed by atoms with E-state index < -0.39 is 23.0 Å². The number of nitriles is 1. The van der Waals surface area contributed by atoms with Crippen molar-refractivity contribution in [3.8, 4) is 6.07 Å². The summed E-state index contributed by atoms with van der Waals surface area (Å²) in [6.45, 7) is 2.95. The smallest absolute Gasteiger partial charge is 0.284 e. The molecule has 94 valence electrons. The molecule has 0 amide bonds. The van der Waals surface area contributed by atoms with E-state index in [0.717, 1.165) is 0 Å². The third kappa shape index (κ3) is 1.55. The van der Waals surface area contributed by atoms with Crippen LogP contribution < -0.4 is 5.56 Å². The lowest BCUT2D eigenvalue weighted by molar-refractivity contribution is -0.141.